The van der Waals surface area contributed by atoms with Crippen LogP contribution in [0.1, 0.15) is 23.7 Å². The van der Waals surface area contributed by atoms with E-state index in [2.05, 4.69) is 5.10 Å². The summed E-state index contributed by atoms with van der Waals surface area (Å²) in [5.41, 5.74) is -0.675. The maximum Gasteiger partial charge on any atom is 0.339 e. The minimum Gasteiger partial charge on any atom is -0.478 e. The molecule has 0 aliphatic heterocycles. The molecule has 1 aromatic heterocycles. The molecule has 0 atom stereocenters. The molecular formula is C13H13N3O5. The second-order valence-electron chi connectivity index (χ2n) is 4.26. The Hall–Kier alpha value is -2.90. The quantitative estimate of drug-likeness (QED) is 0.647. The van der Waals surface area contributed by atoms with Crippen LogP contribution in [0.15, 0.2) is 30.6 Å². The van der Waals surface area contributed by atoms with Gasteiger partial charge < -0.3 is 9.84 Å². The number of carboxylic acid groups (broad SMARTS) is 1. The van der Waals surface area contributed by atoms with Crippen LogP contribution in [-0.4, -0.2) is 25.8 Å². The van der Waals surface area contributed by atoms with Crippen LogP contribution in [0.5, 0.6) is 11.5 Å². The number of aromatic carboxylic acids is 1. The van der Waals surface area contributed by atoms with Gasteiger partial charge in [0, 0.05) is 12.6 Å². The molecule has 1 aromatic carbocycles. The average Bonchev–Trinajstić information content (AvgIpc) is 2.86. The normalized spacial score (nSPS) is 10.3. The molecule has 21 heavy (non-hydrogen) atoms. The number of para-hydroxylation sites is 1. The molecule has 8 heteroatoms. The van der Waals surface area contributed by atoms with Gasteiger partial charge in [-0.05, 0) is 12.5 Å². The molecule has 0 spiro atoms. The van der Waals surface area contributed by atoms with Crippen molar-refractivity contribution < 1.29 is 19.6 Å². The zero-order valence-electron chi connectivity index (χ0n) is 11.2. The van der Waals surface area contributed by atoms with Crippen LogP contribution < -0.4 is 4.74 Å². The topological polar surface area (TPSA) is 107 Å². The molecule has 2 rings (SSSR count). The van der Waals surface area contributed by atoms with Crippen LogP contribution >= 0.6 is 0 Å². The number of rotatable bonds is 6. The van der Waals surface area contributed by atoms with E-state index in [0.717, 1.165) is 6.42 Å². The van der Waals surface area contributed by atoms with E-state index in [1.807, 2.05) is 6.92 Å². The van der Waals surface area contributed by atoms with Gasteiger partial charge in [-0.1, -0.05) is 13.0 Å². The molecule has 1 N–H and O–H groups in total. The summed E-state index contributed by atoms with van der Waals surface area (Å²) in [7, 11) is 0. The Morgan fingerprint density at radius 3 is 2.90 bits per heavy atom. The third-order valence-electron chi connectivity index (χ3n) is 2.70. The lowest BCUT2D eigenvalue weighted by Crippen LogP contribution is -2.03. The van der Waals surface area contributed by atoms with Gasteiger partial charge in [0.1, 0.15) is 5.56 Å². The fourth-order valence-electron chi connectivity index (χ4n) is 1.81. The number of carbonyl (C=O) groups is 1. The van der Waals surface area contributed by atoms with E-state index in [4.69, 9.17) is 9.84 Å². The SMILES string of the molecule is CCCn1cc(Oc2c(C(=O)O)cccc2[N+](=O)[O-])cn1. The molecule has 0 fully saturated rings. The Balaban J connectivity index is 2.40. The largest absolute Gasteiger partial charge is 0.478 e. The number of nitrogens with zero attached hydrogens (tertiary/aromatic N) is 3. The van der Waals surface area contributed by atoms with Gasteiger partial charge in [-0.2, -0.15) is 5.10 Å². The third kappa shape index (κ3) is 3.16. The first-order valence-electron chi connectivity index (χ1n) is 6.24. The van der Waals surface area contributed by atoms with Crippen molar-refractivity contribution in [2.75, 3.05) is 0 Å². The highest BCUT2D eigenvalue weighted by Gasteiger charge is 2.24. The molecule has 2 aromatic rings. The summed E-state index contributed by atoms with van der Waals surface area (Å²) in [6.07, 6.45) is 3.82. The molecule has 1 heterocycles. The summed E-state index contributed by atoms with van der Waals surface area (Å²) in [5, 5.41) is 24.1. The highest BCUT2D eigenvalue weighted by molar-refractivity contribution is 5.92. The molecular weight excluding hydrogens is 278 g/mol. The zero-order valence-corrected chi connectivity index (χ0v) is 11.2. The molecule has 0 unspecified atom stereocenters. The highest BCUT2D eigenvalue weighted by atomic mass is 16.6. The highest BCUT2D eigenvalue weighted by Crippen LogP contribution is 2.34. The Morgan fingerprint density at radius 2 is 2.29 bits per heavy atom. The maximum atomic E-state index is 11.2. The first-order valence-corrected chi connectivity index (χ1v) is 6.24. The van der Waals surface area contributed by atoms with E-state index in [1.165, 1.54) is 24.4 Å². The molecule has 0 saturated heterocycles. The lowest BCUT2D eigenvalue weighted by molar-refractivity contribution is -0.385. The summed E-state index contributed by atoms with van der Waals surface area (Å²) in [5.74, 6) is -1.35. The van der Waals surface area contributed by atoms with E-state index in [1.54, 1.807) is 10.9 Å². The van der Waals surface area contributed by atoms with Gasteiger partial charge in [-0.15, -0.1) is 0 Å². The molecule has 0 aliphatic rings. The molecule has 0 amide bonds. The summed E-state index contributed by atoms with van der Waals surface area (Å²) in [6, 6.07) is 3.74. The van der Waals surface area contributed by atoms with E-state index in [0.29, 0.717) is 6.54 Å². The Morgan fingerprint density at radius 1 is 1.52 bits per heavy atom. The van der Waals surface area contributed by atoms with Crippen molar-refractivity contribution in [3.8, 4) is 11.5 Å². The van der Waals surface area contributed by atoms with E-state index in [9.17, 15) is 14.9 Å². The van der Waals surface area contributed by atoms with E-state index in [-0.39, 0.29) is 17.1 Å². The standard InChI is InChI=1S/C13H13N3O5/c1-2-6-15-8-9(7-14-15)21-12-10(13(17)18)4-3-5-11(12)16(19)20/h3-5,7-8H,2,6H2,1H3,(H,17,18). The van der Waals surface area contributed by atoms with Gasteiger partial charge in [0.15, 0.2) is 5.75 Å². The van der Waals surface area contributed by atoms with Crippen molar-refractivity contribution in [2.45, 2.75) is 19.9 Å². The summed E-state index contributed by atoms with van der Waals surface area (Å²) < 4.78 is 7.00. The van der Waals surface area contributed by atoms with Gasteiger partial charge in [0.05, 0.1) is 17.3 Å². The fraction of sp³-hybridized carbons (Fsp3) is 0.231. The van der Waals surface area contributed by atoms with Gasteiger partial charge >= 0.3 is 11.7 Å². The van der Waals surface area contributed by atoms with Gasteiger partial charge in [0.25, 0.3) is 0 Å². The zero-order chi connectivity index (χ0) is 15.4. The molecule has 8 nitrogen and oxygen atoms in total. The van der Waals surface area contributed by atoms with E-state index >= 15 is 0 Å². The van der Waals surface area contributed by atoms with Crippen LogP contribution in [-0.2, 0) is 6.54 Å². The Bertz CT molecular complexity index is 648. The molecule has 0 radical (unpaired) electrons. The van der Waals surface area contributed by atoms with Crippen LogP contribution in [0.2, 0.25) is 0 Å². The van der Waals surface area contributed by atoms with Gasteiger partial charge in [0.2, 0.25) is 5.75 Å². The summed E-state index contributed by atoms with van der Waals surface area (Å²) in [6.45, 7) is 2.65. The van der Waals surface area contributed by atoms with Crippen LogP contribution in [0.25, 0.3) is 0 Å². The lowest BCUT2D eigenvalue weighted by Gasteiger charge is -2.07. The number of aryl methyl sites for hydroxylation is 1. The predicted octanol–water partition coefficient (Wildman–Crippen LogP) is 2.69. The van der Waals surface area contributed by atoms with Crippen molar-refractivity contribution in [3.05, 3.63) is 46.3 Å². The number of aromatic nitrogens is 2. The number of hydrogen-bond donors (Lipinski definition) is 1. The van der Waals surface area contributed by atoms with Gasteiger partial charge in [-0.25, -0.2) is 4.79 Å². The van der Waals surface area contributed by atoms with Crippen molar-refractivity contribution in [3.63, 3.8) is 0 Å². The maximum absolute atomic E-state index is 11.2. The Labute approximate surface area is 119 Å². The van der Waals surface area contributed by atoms with Crippen LogP contribution in [0.4, 0.5) is 5.69 Å². The molecule has 110 valence electrons. The second-order valence-corrected chi connectivity index (χ2v) is 4.26. The lowest BCUT2D eigenvalue weighted by atomic mass is 10.1. The predicted molar refractivity (Wildman–Crippen MR) is 72.6 cm³/mol. The minimum absolute atomic E-state index is 0.250. The smallest absolute Gasteiger partial charge is 0.339 e. The van der Waals surface area contributed by atoms with Crippen molar-refractivity contribution in [2.24, 2.45) is 0 Å². The monoisotopic (exact) mass is 291 g/mol. The van der Waals surface area contributed by atoms with Crippen LogP contribution in [0.3, 0.4) is 0 Å². The Kier molecular flexibility index (Phi) is 4.17. The average molecular weight is 291 g/mol. The summed E-state index contributed by atoms with van der Waals surface area (Å²) in [4.78, 5) is 21.5. The number of hydrogen-bond acceptors (Lipinski definition) is 5. The third-order valence-corrected chi connectivity index (χ3v) is 2.70. The minimum atomic E-state index is -1.30. The molecule has 0 bridgehead atoms. The molecule has 0 saturated carbocycles. The summed E-state index contributed by atoms with van der Waals surface area (Å²) >= 11 is 0. The first kappa shape index (κ1) is 14.5. The fourth-order valence-corrected chi connectivity index (χ4v) is 1.81. The number of benzene rings is 1. The first-order chi connectivity index (χ1) is 10.0. The van der Waals surface area contributed by atoms with Crippen molar-refractivity contribution in [1.82, 2.24) is 9.78 Å². The number of ether oxygens (including phenoxy) is 1. The second kappa shape index (κ2) is 6.04. The number of nitro benzene ring substituents is 1. The van der Waals surface area contributed by atoms with Crippen molar-refractivity contribution in [1.29, 1.82) is 0 Å². The van der Waals surface area contributed by atoms with Crippen LogP contribution in [0, 0.1) is 10.1 Å². The molecule has 0 aliphatic carbocycles. The van der Waals surface area contributed by atoms with Crippen molar-refractivity contribution >= 4 is 11.7 Å². The number of nitro groups is 1. The van der Waals surface area contributed by atoms with E-state index < -0.39 is 16.6 Å². The van der Waals surface area contributed by atoms with Gasteiger partial charge in [-0.3, -0.25) is 14.8 Å². The number of carboxylic acids is 1.